The number of aliphatic imine (C=N–C) groups is 1. The number of nitrogens with zero attached hydrogens (tertiary/aromatic N) is 3. The predicted octanol–water partition coefficient (Wildman–Crippen LogP) is 2.59. The van der Waals surface area contributed by atoms with Crippen LogP contribution >= 0.6 is 0 Å². The first-order valence-electron chi connectivity index (χ1n) is 10.4. The molecular formula is C22H28F2N6O2. The molecule has 32 heavy (non-hydrogen) atoms. The normalized spacial score (nSPS) is 15.2. The van der Waals surface area contributed by atoms with Crippen molar-refractivity contribution in [2.24, 2.45) is 10.7 Å². The van der Waals surface area contributed by atoms with Gasteiger partial charge < -0.3 is 25.8 Å². The number of anilines is 1. The Balaban J connectivity index is 1.62. The molecule has 0 bridgehead atoms. The van der Waals surface area contributed by atoms with E-state index >= 15 is 0 Å². The Morgan fingerprint density at radius 1 is 1.16 bits per heavy atom. The molecular weight excluding hydrogens is 418 g/mol. The van der Waals surface area contributed by atoms with Crippen LogP contribution in [0, 0.1) is 11.6 Å². The number of nitrogens with one attached hydrogen (secondary N) is 2. The molecule has 2 heterocycles. The van der Waals surface area contributed by atoms with Gasteiger partial charge in [-0.3, -0.25) is 4.99 Å². The summed E-state index contributed by atoms with van der Waals surface area (Å²) >= 11 is 0. The monoisotopic (exact) mass is 446 g/mol. The Kier molecular flexibility index (Phi) is 8.32. The van der Waals surface area contributed by atoms with Crippen molar-refractivity contribution in [3.8, 4) is 11.5 Å². The van der Waals surface area contributed by atoms with Crippen molar-refractivity contribution < 1.29 is 18.3 Å². The highest BCUT2D eigenvalue weighted by atomic mass is 19.1. The number of aromatic nitrogens is 2. The molecule has 0 saturated carbocycles. The first-order chi connectivity index (χ1) is 15.5. The maximum Gasteiger partial charge on any atom is 0.227 e. The third kappa shape index (κ3) is 5.91. The van der Waals surface area contributed by atoms with Gasteiger partial charge in [-0.05, 0) is 44.3 Å². The number of benzene rings is 1. The van der Waals surface area contributed by atoms with Crippen molar-refractivity contribution in [1.82, 2.24) is 15.3 Å². The van der Waals surface area contributed by atoms with Gasteiger partial charge >= 0.3 is 0 Å². The molecule has 0 amide bonds. The Labute approximate surface area is 186 Å². The van der Waals surface area contributed by atoms with Crippen molar-refractivity contribution in [3.05, 3.63) is 53.1 Å². The summed E-state index contributed by atoms with van der Waals surface area (Å²) in [7, 11) is 2.64. The van der Waals surface area contributed by atoms with E-state index in [0.717, 1.165) is 31.5 Å². The number of hydrogen-bond donors (Lipinski definition) is 3. The van der Waals surface area contributed by atoms with E-state index in [-0.39, 0.29) is 29.5 Å². The van der Waals surface area contributed by atoms with Crippen molar-refractivity contribution in [2.45, 2.75) is 31.7 Å². The number of aryl methyl sites for hydroxylation is 1. The van der Waals surface area contributed by atoms with E-state index in [4.69, 9.17) is 15.2 Å². The lowest BCUT2D eigenvalue weighted by molar-refractivity contribution is 0.353. The fourth-order valence-corrected chi connectivity index (χ4v) is 3.36. The maximum absolute atomic E-state index is 14.5. The summed E-state index contributed by atoms with van der Waals surface area (Å²) < 4.78 is 39.0. The van der Waals surface area contributed by atoms with Gasteiger partial charge in [0.1, 0.15) is 0 Å². The summed E-state index contributed by atoms with van der Waals surface area (Å²) in [6.07, 6.45) is 8.69. The zero-order chi connectivity index (χ0) is 22.9. The molecule has 1 aliphatic rings. The molecule has 10 heteroatoms. The highest BCUT2D eigenvalue weighted by Crippen LogP contribution is 2.32. The number of methoxy groups -OCH3 is 2. The third-order valence-electron chi connectivity index (χ3n) is 5.20. The molecule has 1 saturated heterocycles. The standard InChI is InChI=1S/C22H28F2N6O2/c1-31-18-9-19(32-2)21(24)17(20(18)23)4-3-14-11-28-22(29-12-14)30-16(10-25)13-27-15-5-7-26-8-6-15/h9-13,15,26H,3-8,25H2,1-2H3,(H,28,29,30)/b16-10+,27-13?. The summed E-state index contributed by atoms with van der Waals surface area (Å²) in [5, 5.41) is 6.31. The van der Waals surface area contributed by atoms with Crippen LogP contribution in [0.2, 0.25) is 0 Å². The zero-order valence-electron chi connectivity index (χ0n) is 18.2. The Bertz CT molecular complexity index is 932. The van der Waals surface area contributed by atoms with Gasteiger partial charge in [-0.15, -0.1) is 0 Å². The molecule has 0 unspecified atom stereocenters. The lowest BCUT2D eigenvalue weighted by Crippen LogP contribution is -2.30. The van der Waals surface area contributed by atoms with Gasteiger partial charge in [0.05, 0.1) is 26.0 Å². The van der Waals surface area contributed by atoms with Gasteiger partial charge in [-0.1, -0.05) is 0 Å². The van der Waals surface area contributed by atoms with E-state index in [1.807, 2.05) is 0 Å². The second kappa shape index (κ2) is 11.4. The van der Waals surface area contributed by atoms with Gasteiger partial charge in [-0.2, -0.15) is 0 Å². The lowest BCUT2D eigenvalue weighted by Gasteiger charge is -2.18. The molecule has 1 aliphatic heterocycles. The molecule has 1 fully saturated rings. The first-order valence-corrected chi connectivity index (χ1v) is 10.4. The molecule has 2 aromatic rings. The molecule has 0 aliphatic carbocycles. The second-order valence-electron chi connectivity index (χ2n) is 7.31. The van der Waals surface area contributed by atoms with Gasteiger partial charge in [-0.25, -0.2) is 18.7 Å². The number of rotatable bonds is 9. The largest absolute Gasteiger partial charge is 0.494 e. The highest BCUT2D eigenvalue weighted by molar-refractivity contribution is 5.82. The SMILES string of the molecule is COc1cc(OC)c(F)c(CCc2cnc(N/C(C=NC3CCNCC3)=C/N)nc2)c1F. The average Bonchev–Trinajstić information content (AvgIpc) is 2.83. The summed E-state index contributed by atoms with van der Waals surface area (Å²) in [4.78, 5) is 13.1. The molecule has 1 aromatic carbocycles. The number of hydrogen-bond acceptors (Lipinski definition) is 8. The number of halogens is 2. The van der Waals surface area contributed by atoms with E-state index in [0.29, 0.717) is 18.1 Å². The summed E-state index contributed by atoms with van der Waals surface area (Å²) in [6.45, 7) is 1.91. The lowest BCUT2D eigenvalue weighted by atomic mass is 10.0. The quantitative estimate of drug-likeness (QED) is 0.508. The Morgan fingerprint density at radius 3 is 2.34 bits per heavy atom. The molecule has 172 valence electrons. The summed E-state index contributed by atoms with van der Waals surface area (Å²) in [5.74, 6) is -1.27. The Morgan fingerprint density at radius 2 is 1.78 bits per heavy atom. The maximum atomic E-state index is 14.5. The molecule has 0 atom stereocenters. The number of ether oxygens (including phenoxy) is 2. The minimum Gasteiger partial charge on any atom is -0.494 e. The number of piperidine rings is 1. The van der Waals surface area contributed by atoms with E-state index < -0.39 is 11.6 Å². The minimum absolute atomic E-state index is 0.0682. The molecule has 4 N–H and O–H groups in total. The van der Waals surface area contributed by atoms with Crippen LogP contribution in [0.3, 0.4) is 0 Å². The average molecular weight is 447 g/mol. The van der Waals surface area contributed by atoms with Crippen LogP contribution in [0.1, 0.15) is 24.0 Å². The van der Waals surface area contributed by atoms with Gasteiger partial charge in [0, 0.05) is 36.4 Å². The van der Waals surface area contributed by atoms with Gasteiger partial charge in [0.15, 0.2) is 23.1 Å². The van der Waals surface area contributed by atoms with Crippen LogP contribution in [-0.4, -0.2) is 49.5 Å². The van der Waals surface area contributed by atoms with Crippen LogP contribution in [-0.2, 0) is 12.8 Å². The fraction of sp³-hybridized carbons (Fsp3) is 0.409. The summed E-state index contributed by atoms with van der Waals surface area (Å²) in [5.41, 5.74) is 6.88. The van der Waals surface area contributed by atoms with Crippen molar-refractivity contribution in [2.75, 3.05) is 32.6 Å². The van der Waals surface area contributed by atoms with Crippen LogP contribution in [0.4, 0.5) is 14.7 Å². The fourth-order valence-electron chi connectivity index (χ4n) is 3.36. The zero-order valence-corrected chi connectivity index (χ0v) is 18.2. The van der Waals surface area contributed by atoms with Crippen molar-refractivity contribution >= 4 is 12.2 Å². The van der Waals surface area contributed by atoms with Crippen LogP contribution in [0.15, 0.2) is 35.3 Å². The van der Waals surface area contributed by atoms with Crippen LogP contribution in [0.25, 0.3) is 0 Å². The number of nitrogens with two attached hydrogens (primary N) is 1. The summed E-state index contributed by atoms with van der Waals surface area (Å²) in [6, 6.07) is 1.46. The number of allylic oxidation sites excluding steroid dienone is 1. The molecule has 0 radical (unpaired) electrons. The predicted molar refractivity (Wildman–Crippen MR) is 119 cm³/mol. The third-order valence-corrected chi connectivity index (χ3v) is 5.20. The smallest absolute Gasteiger partial charge is 0.227 e. The molecule has 1 aromatic heterocycles. The molecule has 8 nitrogen and oxygen atoms in total. The van der Waals surface area contributed by atoms with E-state index in [1.54, 1.807) is 18.6 Å². The topological polar surface area (TPSA) is 107 Å². The second-order valence-corrected chi connectivity index (χ2v) is 7.31. The highest BCUT2D eigenvalue weighted by Gasteiger charge is 2.20. The molecule has 3 rings (SSSR count). The molecule has 0 spiro atoms. The van der Waals surface area contributed by atoms with Gasteiger partial charge in [0.2, 0.25) is 5.95 Å². The van der Waals surface area contributed by atoms with E-state index in [1.165, 1.54) is 26.5 Å². The van der Waals surface area contributed by atoms with Crippen LogP contribution in [0.5, 0.6) is 11.5 Å². The van der Waals surface area contributed by atoms with Crippen molar-refractivity contribution in [3.63, 3.8) is 0 Å². The first kappa shape index (κ1) is 23.4. The van der Waals surface area contributed by atoms with Gasteiger partial charge in [0.25, 0.3) is 0 Å². The Hall–Kier alpha value is -3.27. The van der Waals surface area contributed by atoms with Crippen molar-refractivity contribution in [1.29, 1.82) is 0 Å². The van der Waals surface area contributed by atoms with E-state index in [2.05, 4.69) is 25.6 Å². The minimum atomic E-state index is -0.740. The van der Waals surface area contributed by atoms with E-state index in [9.17, 15) is 8.78 Å². The van der Waals surface area contributed by atoms with Crippen LogP contribution < -0.4 is 25.8 Å².